The molecule has 0 aromatic heterocycles. The second-order valence-corrected chi connectivity index (χ2v) is 4.92. The molecule has 2 aromatic carbocycles. The maximum Gasteiger partial charge on any atom is 0.488 e. The van der Waals surface area contributed by atoms with E-state index in [0.717, 1.165) is 17.3 Å². The largest absolute Gasteiger partial charge is 0.488 e. The Morgan fingerprint density at radius 2 is 1.90 bits per heavy atom. The summed E-state index contributed by atoms with van der Waals surface area (Å²) < 4.78 is 13.9. The summed E-state index contributed by atoms with van der Waals surface area (Å²) in [4.78, 5) is 1.94. The van der Waals surface area contributed by atoms with Crippen molar-refractivity contribution in [2.45, 2.75) is 13.5 Å². The van der Waals surface area contributed by atoms with Crippen LogP contribution in [0.3, 0.4) is 0 Å². The van der Waals surface area contributed by atoms with Gasteiger partial charge in [-0.15, -0.1) is 0 Å². The van der Waals surface area contributed by atoms with Crippen molar-refractivity contribution in [1.82, 2.24) is 0 Å². The minimum Gasteiger partial charge on any atom is -0.423 e. The first-order valence-electron chi connectivity index (χ1n) is 6.39. The highest BCUT2D eigenvalue weighted by molar-refractivity contribution is 6.58. The molecule has 0 heterocycles. The van der Waals surface area contributed by atoms with Crippen LogP contribution in [0, 0.1) is 12.7 Å². The first-order chi connectivity index (χ1) is 9.47. The normalized spacial score (nSPS) is 10.4. The summed E-state index contributed by atoms with van der Waals surface area (Å²) in [5, 5.41) is 18.0. The van der Waals surface area contributed by atoms with Crippen LogP contribution in [0.15, 0.2) is 42.5 Å². The molecule has 0 atom stereocenters. The van der Waals surface area contributed by atoms with Crippen LogP contribution in [0.2, 0.25) is 0 Å². The number of rotatable bonds is 4. The molecule has 0 saturated carbocycles. The average molecular weight is 273 g/mol. The van der Waals surface area contributed by atoms with Crippen molar-refractivity contribution in [2.75, 3.05) is 11.9 Å². The predicted octanol–water partition coefficient (Wildman–Crippen LogP) is 1.45. The molecule has 0 saturated heterocycles. The van der Waals surface area contributed by atoms with Gasteiger partial charge in [-0.25, -0.2) is 4.39 Å². The van der Waals surface area contributed by atoms with E-state index in [0.29, 0.717) is 12.1 Å². The molecule has 0 spiro atoms. The standard InChI is InChI=1S/C15H17BFNO2/c1-11-4-3-5-14(8-11)18(2)10-12-6-7-13(16(19)20)9-15(12)17/h3-9,19-20H,10H2,1-2H3. The van der Waals surface area contributed by atoms with Gasteiger partial charge in [-0.1, -0.05) is 24.3 Å². The first kappa shape index (κ1) is 14.6. The highest BCUT2D eigenvalue weighted by Crippen LogP contribution is 2.17. The van der Waals surface area contributed by atoms with Gasteiger partial charge in [0.15, 0.2) is 0 Å². The van der Waals surface area contributed by atoms with Gasteiger partial charge >= 0.3 is 7.12 Å². The quantitative estimate of drug-likeness (QED) is 0.829. The number of hydrogen-bond acceptors (Lipinski definition) is 3. The fourth-order valence-corrected chi connectivity index (χ4v) is 2.06. The molecule has 2 N–H and O–H groups in total. The van der Waals surface area contributed by atoms with Gasteiger partial charge in [0.25, 0.3) is 0 Å². The fourth-order valence-electron chi connectivity index (χ4n) is 2.06. The lowest BCUT2D eigenvalue weighted by Crippen LogP contribution is -2.30. The molecule has 0 bridgehead atoms. The van der Waals surface area contributed by atoms with Gasteiger partial charge in [-0.05, 0) is 36.1 Å². The molecule has 3 nitrogen and oxygen atoms in total. The molecule has 2 aromatic rings. The maximum absolute atomic E-state index is 13.9. The average Bonchev–Trinajstić information content (AvgIpc) is 2.40. The number of anilines is 1. The number of nitrogens with zero attached hydrogens (tertiary/aromatic N) is 1. The number of hydrogen-bond donors (Lipinski definition) is 2. The topological polar surface area (TPSA) is 43.7 Å². The zero-order valence-electron chi connectivity index (χ0n) is 11.5. The van der Waals surface area contributed by atoms with Crippen molar-refractivity contribution in [1.29, 1.82) is 0 Å². The van der Waals surface area contributed by atoms with Crippen LogP contribution < -0.4 is 10.4 Å². The van der Waals surface area contributed by atoms with E-state index in [2.05, 4.69) is 0 Å². The van der Waals surface area contributed by atoms with Gasteiger partial charge in [-0.3, -0.25) is 0 Å². The second kappa shape index (κ2) is 6.07. The lowest BCUT2D eigenvalue weighted by molar-refractivity contribution is 0.425. The van der Waals surface area contributed by atoms with E-state index in [1.54, 1.807) is 6.07 Å². The third-order valence-electron chi connectivity index (χ3n) is 3.23. The summed E-state index contributed by atoms with van der Waals surface area (Å²) >= 11 is 0. The third kappa shape index (κ3) is 3.38. The maximum atomic E-state index is 13.9. The molecule has 0 radical (unpaired) electrons. The van der Waals surface area contributed by atoms with E-state index in [1.165, 1.54) is 6.07 Å². The van der Waals surface area contributed by atoms with Crippen LogP contribution in [0.4, 0.5) is 10.1 Å². The van der Waals surface area contributed by atoms with E-state index < -0.39 is 12.9 Å². The minimum absolute atomic E-state index is 0.157. The molecule has 0 aliphatic carbocycles. The summed E-state index contributed by atoms with van der Waals surface area (Å²) in [6, 6.07) is 12.2. The van der Waals surface area contributed by atoms with Gasteiger partial charge in [0, 0.05) is 24.8 Å². The number of aryl methyl sites for hydroxylation is 1. The zero-order valence-corrected chi connectivity index (χ0v) is 11.5. The van der Waals surface area contributed by atoms with E-state index in [4.69, 9.17) is 10.0 Å². The van der Waals surface area contributed by atoms with Crippen molar-refractivity contribution >= 4 is 18.3 Å². The zero-order chi connectivity index (χ0) is 14.7. The summed E-state index contributed by atoms with van der Waals surface area (Å²) in [6.07, 6.45) is 0. The number of benzene rings is 2. The second-order valence-electron chi connectivity index (χ2n) is 4.92. The van der Waals surface area contributed by atoms with Gasteiger partial charge in [0.2, 0.25) is 0 Å². The Hall–Kier alpha value is -1.85. The monoisotopic (exact) mass is 273 g/mol. The predicted molar refractivity (Wildman–Crippen MR) is 79.5 cm³/mol. The molecule has 2 rings (SSSR count). The lowest BCUT2D eigenvalue weighted by Gasteiger charge is -2.20. The molecule has 0 aliphatic heterocycles. The van der Waals surface area contributed by atoms with E-state index in [-0.39, 0.29) is 5.46 Å². The van der Waals surface area contributed by atoms with Crippen molar-refractivity contribution in [3.8, 4) is 0 Å². The van der Waals surface area contributed by atoms with Crippen LogP contribution in [0.5, 0.6) is 0 Å². The highest BCUT2D eigenvalue weighted by atomic mass is 19.1. The third-order valence-corrected chi connectivity index (χ3v) is 3.23. The molecule has 0 unspecified atom stereocenters. The van der Waals surface area contributed by atoms with Crippen LogP contribution in [0.25, 0.3) is 0 Å². The molecular formula is C15H17BFNO2. The van der Waals surface area contributed by atoms with Crippen molar-refractivity contribution in [2.24, 2.45) is 0 Å². The SMILES string of the molecule is Cc1cccc(N(C)Cc2ccc(B(O)O)cc2F)c1. The summed E-state index contributed by atoms with van der Waals surface area (Å²) in [6.45, 7) is 2.42. The molecule has 0 aliphatic rings. The summed E-state index contributed by atoms with van der Waals surface area (Å²) in [5.74, 6) is -0.435. The summed E-state index contributed by atoms with van der Waals surface area (Å²) in [7, 11) is 0.247. The molecular weight excluding hydrogens is 256 g/mol. The minimum atomic E-state index is -1.65. The van der Waals surface area contributed by atoms with Gasteiger partial charge in [0.05, 0.1) is 0 Å². The molecule has 0 fully saturated rings. The Balaban J connectivity index is 2.17. The van der Waals surface area contributed by atoms with Crippen molar-refractivity contribution < 1.29 is 14.4 Å². The van der Waals surface area contributed by atoms with Crippen LogP contribution in [0.1, 0.15) is 11.1 Å². The van der Waals surface area contributed by atoms with Gasteiger partial charge in [0.1, 0.15) is 5.82 Å². The molecule has 104 valence electrons. The van der Waals surface area contributed by atoms with E-state index in [9.17, 15) is 4.39 Å². The Kier molecular flexibility index (Phi) is 4.42. The first-order valence-corrected chi connectivity index (χ1v) is 6.39. The smallest absolute Gasteiger partial charge is 0.423 e. The number of halogens is 1. The van der Waals surface area contributed by atoms with E-state index in [1.807, 2.05) is 43.1 Å². The Labute approximate surface area is 118 Å². The van der Waals surface area contributed by atoms with Crippen molar-refractivity contribution in [3.05, 3.63) is 59.4 Å². The van der Waals surface area contributed by atoms with Gasteiger partial charge in [-0.2, -0.15) is 0 Å². The fraction of sp³-hybridized carbons (Fsp3) is 0.200. The van der Waals surface area contributed by atoms with Crippen LogP contribution >= 0.6 is 0 Å². The Morgan fingerprint density at radius 1 is 1.15 bits per heavy atom. The van der Waals surface area contributed by atoms with E-state index >= 15 is 0 Å². The highest BCUT2D eigenvalue weighted by Gasteiger charge is 2.14. The van der Waals surface area contributed by atoms with Gasteiger partial charge < -0.3 is 14.9 Å². The lowest BCUT2D eigenvalue weighted by atomic mass is 9.80. The molecule has 5 heteroatoms. The Bertz CT molecular complexity index is 604. The van der Waals surface area contributed by atoms with Crippen LogP contribution in [-0.2, 0) is 6.54 Å². The molecule has 20 heavy (non-hydrogen) atoms. The van der Waals surface area contributed by atoms with Crippen LogP contribution in [-0.4, -0.2) is 24.2 Å². The van der Waals surface area contributed by atoms with Crippen molar-refractivity contribution in [3.63, 3.8) is 0 Å². The summed E-state index contributed by atoms with van der Waals surface area (Å²) in [5.41, 5.74) is 2.83. The molecule has 0 amide bonds. The Morgan fingerprint density at radius 3 is 2.50 bits per heavy atom.